The zero-order valence-corrected chi connectivity index (χ0v) is 12.0. The lowest BCUT2D eigenvalue weighted by Gasteiger charge is -2.10. The minimum absolute atomic E-state index is 0.217. The average Bonchev–Trinajstić information content (AvgIpc) is 2.43. The van der Waals surface area contributed by atoms with Crippen LogP contribution in [0.15, 0.2) is 36.7 Å². The number of thiocarbonyl (C=S) groups is 1. The second-order valence-corrected chi connectivity index (χ2v) is 4.68. The van der Waals surface area contributed by atoms with Gasteiger partial charge in [0, 0.05) is 18.9 Å². The number of aromatic nitrogens is 2. The second-order valence-electron chi connectivity index (χ2n) is 3.92. The zero-order chi connectivity index (χ0) is 14.4. The molecule has 2 aromatic rings. The smallest absolute Gasteiger partial charge is 0.172 e. The van der Waals surface area contributed by atoms with E-state index >= 15 is 0 Å². The Bertz CT molecular complexity index is 608. The van der Waals surface area contributed by atoms with Gasteiger partial charge >= 0.3 is 0 Å². The molecule has 0 amide bonds. The molecule has 0 aliphatic carbocycles. The number of nitrogens with zero attached hydrogens (tertiary/aromatic N) is 2. The molecule has 0 radical (unpaired) electrons. The number of hydrogen-bond acceptors (Lipinski definition) is 3. The van der Waals surface area contributed by atoms with Crippen LogP contribution >= 0.6 is 23.8 Å². The van der Waals surface area contributed by atoms with Crippen LogP contribution in [-0.4, -0.2) is 21.6 Å². The van der Waals surface area contributed by atoms with Gasteiger partial charge in [-0.1, -0.05) is 29.8 Å². The Morgan fingerprint density at radius 3 is 2.75 bits per heavy atom. The molecule has 0 fully saturated rings. The lowest BCUT2D eigenvalue weighted by atomic mass is 10.1. The largest absolute Gasteiger partial charge is 0.362 e. The molecule has 2 rings (SSSR count). The molecule has 4 nitrogen and oxygen atoms in total. The Balaban J connectivity index is 1.82. The van der Waals surface area contributed by atoms with Gasteiger partial charge in [0.05, 0.1) is 0 Å². The Morgan fingerprint density at radius 2 is 2.00 bits per heavy atom. The molecule has 7 heteroatoms. The molecule has 0 saturated heterocycles. The summed E-state index contributed by atoms with van der Waals surface area (Å²) in [4.78, 5) is 7.88. The summed E-state index contributed by atoms with van der Waals surface area (Å²) in [7, 11) is 0. The molecule has 1 heterocycles. The minimum Gasteiger partial charge on any atom is -0.362 e. The number of halogens is 2. The summed E-state index contributed by atoms with van der Waals surface area (Å²) in [6, 6.07) is 6.64. The highest BCUT2D eigenvalue weighted by Gasteiger charge is 2.05. The van der Waals surface area contributed by atoms with Crippen molar-refractivity contribution in [2.24, 2.45) is 0 Å². The molecule has 0 bridgehead atoms. The molecule has 0 spiro atoms. The van der Waals surface area contributed by atoms with Crippen LogP contribution < -0.4 is 10.6 Å². The molecular weight excluding hydrogens is 299 g/mol. The standard InChI is InChI=1S/C13H12ClFN4S/c14-11-12(17-8-7-16-11)19-13(20)18-6-5-9-3-1-2-4-10(9)15/h1-4,7-8H,5-6H2,(H2,17,18,19,20). The molecule has 0 unspecified atom stereocenters. The van der Waals surface area contributed by atoms with E-state index in [4.69, 9.17) is 23.8 Å². The van der Waals surface area contributed by atoms with Crippen molar-refractivity contribution in [1.29, 1.82) is 0 Å². The molecular formula is C13H12ClFN4S. The van der Waals surface area contributed by atoms with Crippen LogP contribution in [0.25, 0.3) is 0 Å². The molecule has 2 N–H and O–H groups in total. The molecule has 0 aliphatic rings. The summed E-state index contributed by atoms with van der Waals surface area (Å²) >= 11 is 10.9. The van der Waals surface area contributed by atoms with Crippen molar-refractivity contribution in [1.82, 2.24) is 15.3 Å². The van der Waals surface area contributed by atoms with E-state index < -0.39 is 0 Å². The monoisotopic (exact) mass is 310 g/mol. The van der Waals surface area contributed by atoms with Crippen molar-refractivity contribution < 1.29 is 4.39 Å². The predicted molar refractivity (Wildman–Crippen MR) is 81.4 cm³/mol. The summed E-state index contributed by atoms with van der Waals surface area (Å²) in [6.45, 7) is 0.505. The highest BCUT2D eigenvalue weighted by Crippen LogP contribution is 2.13. The molecule has 0 aliphatic heterocycles. The minimum atomic E-state index is -0.217. The van der Waals surface area contributed by atoms with Gasteiger partial charge in [-0.15, -0.1) is 0 Å². The maximum atomic E-state index is 13.4. The first kappa shape index (κ1) is 14.6. The number of benzene rings is 1. The summed E-state index contributed by atoms with van der Waals surface area (Å²) in [5.74, 6) is 0.169. The lowest BCUT2D eigenvalue weighted by Crippen LogP contribution is -2.30. The van der Waals surface area contributed by atoms with E-state index in [-0.39, 0.29) is 11.0 Å². The first-order chi connectivity index (χ1) is 9.66. The highest BCUT2D eigenvalue weighted by atomic mass is 35.5. The van der Waals surface area contributed by atoms with Crippen LogP contribution in [0.4, 0.5) is 10.2 Å². The van der Waals surface area contributed by atoms with Gasteiger partial charge in [-0.25, -0.2) is 14.4 Å². The Kier molecular flexibility index (Phi) is 5.20. The zero-order valence-electron chi connectivity index (χ0n) is 10.4. The van der Waals surface area contributed by atoms with Crippen molar-refractivity contribution in [2.45, 2.75) is 6.42 Å². The van der Waals surface area contributed by atoms with Crippen LogP contribution in [0.1, 0.15) is 5.56 Å². The number of nitrogens with one attached hydrogen (secondary N) is 2. The van der Waals surface area contributed by atoms with E-state index in [9.17, 15) is 4.39 Å². The SMILES string of the molecule is Fc1ccccc1CCNC(=S)Nc1nccnc1Cl. The van der Waals surface area contributed by atoms with Gasteiger partial charge in [0.25, 0.3) is 0 Å². The number of hydrogen-bond donors (Lipinski definition) is 2. The summed E-state index contributed by atoms with van der Waals surface area (Å²) in [5, 5.41) is 6.40. The van der Waals surface area contributed by atoms with E-state index in [0.717, 1.165) is 0 Å². The fraction of sp³-hybridized carbons (Fsp3) is 0.154. The Labute approximate surface area is 126 Å². The summed E-state index contributed by atoms with van der Waals surface area (Å²) in [6.07, 6.45) is 3.53. The van der Waals surface area contributed by atoms with Gasteiger partial charge in [-0.2, -0.15) is 0 Å². The summed E-state index contributed by atoms with van der Waals surface area (Å²) < 4.78 is 13.4. The fourth-order valence-corrected chi connectivity index (χ4v) is 1.92. The van der Waals surface area contributed by atoms with Crippen molar-refractivity contribution in [2.75, 3.05) is 11.9 Å². The van der Waals surface area contributed by atoms with E-state index in [0.29, 0.717) is 29.5 Å². The summed E-state index contributed by atoms with van der Waals surface area (Å²) in [5.41, 5.74) is 0.639. The van der Waals surface area contributed by atoms with Gasteiger partial charge in [0.15, 0.2) is 16.1 Å². The van der Waals surface area contributed by atoms with Gasteiger partial charge < -0.3 is 10.6 Å². The quantitative estimate of drug-likeness (QED) is 0.851. The molecule has 0 saturated carbocycles. The van der Waals surface area contributed by atoms with Crippen LogP contribution in [-0.2, 0) is 6.42 Å². The molecule has 20 heavy (non-hydrogen) atoms. The topological polar surface area (TPSA) is 49.8 Å². The normalized spacial score (nSPS) is 10.1. The predicted octanol–water partition coefficient (Wildman–Crippen LogP) is 2.80. The molecule has 1 aromatic carbocycles. The van der Waals surface area contributed by atoms with Crippen LogP contribution in [0.3, 0.4) is 0 Å². The molecule has 0 atom stereocenters. The van der Waals surface area contributed by atoms with Crippen molar-refractivity contribution >= 4 is 34.7 Å². The van der Waals surface area contributed by atoms with Crippen LogP contribution in [0, 0.1) is 5.82 Å². The Hall–Kier alpha value is -1.79. The van der Waals surface area contributed by atoms with Crippen molar-refractivity contribution in [3.05, 3.63) is 53.2 Å². The van der Waals surface area contributed by atoms with E-state index in [1.54, 1.807) is 18.2 Å². The third kappa shape index (κ3) is 4.11. The fourth-order valence-electron chi connectivity index (χ4n) is 1.57. The van der Waals surface area contributed by atoms with Gasteiger partial charge in [0.1, 0.15) is 5.82 Å². The number of anilines is 1. The van der Waals surface area contributed by atoms with Gasteiger partial charge in [0.2, 0.25) is 0 Å². The lowest BCUT2D eigenvalue weighted by molar-refractivity contribution is 0.607. The third-order valence-corrected chi connectivity index (χ3v) is 3.05. The molecule has 104 valence electrons. The first-order valence-electron chi connectivity index (χ1n) is 5.91. The van der Waals surface area contributed by atoms with E-state index in [1.807, 2.05) is 0 Å². The average molecular weight is 311 g/mol. The maximum absolute atomic E-state index is 13.4. The van der Waals surface area contributed by atoms with Crippen LogP contribution in [0.5, 0.6) is 0 Å². The maximum Gasteiger partial charge on any atom is 0.172 e. The second kappa shape index (κ2) is 7.12. The van der Waals surface area contributed by atoms with Crippen LogP contribution in [0.2, 0.25) is 5.15 Å². The molecule has 1 aromatic heterocycles. The number of rotatable bonds is 4. The van der Waals surface area contributed by atoms with Crippen molar-refractivity contribution in [3.63, 3.8) is 0 Å². The van der Waals surface area contributed by atoms with E-state index in [2.05, 4.69) is 20.6 Å². The van der Waals surface area contributed by atoms with Gasteiger partial charge in [-0.05, 0) is 30.3 Å². The van der Waals surface area contributed by atoms with Crippen molar-refractivity contribution in [3.8, 4) is 0 Å². The van der Waals surface area contributed by atoms with E-state index in [1.165, 1.54) is 18.5 Å². The first-order valence-corrected chi connectivity index (χ1v) is 6.70. The Morgan fingerprint density at radius 1 is 1.25 bits per heavy atom. The highest BCUT2D eigenvalue weighted by molar-refractivity contribution is 7.80. The third-order valence-electron chi connectivity index (χ3n) is 2.52. The van der Waals surface area contributed by atoms with Gasteiger partial charge in [-0.3, -0.25) is 0 Å².